The molecule has 3 rings (SSSR count). The van der Waals surface area contributed by atoms with Gasteiger partial charge < -0.3 is 4.90 Å². The summed E-state index contributed by atoms with van der Waals surface area (Å²) in [5.74, 6) is 0.155. The number of nitrogens with zero attached hydrogens (tertiary/aromatic N) is 2. The molecule has 2 aliphatic rings. The van der Waals surface area contributed by atoms with Crippen molar-refractivity contribution in [2.45, 2.75) is 32.2 Å². The lowest BCUT2D eigenvalue weighted by molar-refractivity contribution is -0.114. The normalized spacial score (nSPS) is 19.0. The topological polar surface area (TPSA) is 49.7 Å². The summed E-state index contributed by atoms with van der Waals surface area (Å²) in [6.07, 6.45) is 1.83. The Morgan fingerprint density at radius 2 is 2.00 bits per heavy atom. The number of carbonyl (C=O) groups is 2. The number of hydrogen-bond acceptors (Lipinski definition) is 5. The van der Waals surface area contributed by atoms with Gasteiger partial charge in [0.2, 0.25) is 0 Å². The first-order chi connectivity index (χ1) is 11.4. The lowest BCUT2D eigenvalue weighted by Crippen LogP contribution is -2.30. The number of anilines is 1. The Balaban J connectivity index is 1.47. The first-order valence-corrected chi connectivity index (χ1v) is 9.75. The quantitative estimate of drug-likeness (QED) is 0.585. The number of thioether (sulfide) groups is 2. The average molecular weight is 361 g/mol. The molecule has 126 valence electrons. The summed E-state index contributed by atoms with van der Waals surface area (Å²) in [4.78, 5) is 31.4. The largest absolute Gasteiger partial charge is 0.305 e. The molecular formula is C18H20N2O2S2. The van der Waals surface area contributed by atoms with Crippen molar-refractivity contribution in [3.8, 4) is 0 Å². The highest BCUT2D eigenvalue weighted by Gasteiger charge is 2.34. The number of rotatable bonds is 5. The lowest BCUT2D eigenvalue weighted by atomic mass is 10.1. The molecule has 1 aromatic carbocycles. The number of aliphatic imine (C=N–C) groups is 1. The Hall–Kier alpha value is -1.53. The van der Waals surface area contributed by atoms with Crippen molar-refractivity contribution in [1.82, 2.24) is 0 Å². The zero-order valence-corrected chi connectivity index (χ0v) is 15.5. The van der Waals surface area contributed by atoms with E-state index in [1.165, 1.54) is 0 Å². The standard InChI is InChI=1S/C18H20N2O2S2/c1-12-18(2,3)19-17(24-12)23-11-7-6-10-20-14-9-5-4-8-13(14)15(21)16(20)22/h4-5,8-9H,1,6-7,10-11H2,2-3H3. The van der Waals surface area contributed by atoms with E-state index in [1.54, 1.807) is 40.6 Å². The minimum Gasteiger partial charge on any atom is -0.305 e. The van der Waals surface area contributed by atoms with Gasteiger partial charge in [0.1, 0.15) is 4.38 Å². The number of para-hydroxylation sites is 1. The number of benzene rings is 1. The maximum absolute atomic E-state index is 12.1. The zero-order chi connectivity index (χ0) is 17.3. The maximum atomic E-state index is 12.1. The van der Waals surface area contributed by atoms with Gasteiger partial charge in [0.25, 0.3) is 11.7 Å². The van der Waals surface area contributed by atoms with E-state index in [2.05, 4.69) is 25.4 Å². The van der Waals surface area contributed by atoms with E-state index in [1.807, 2.05) is 12.1 Å². The van der Waals surface area contributed by atoms with Crippen LogP contribution >= 0.6 is 23.5 Å². The van der Waals surface area contributed by atoms with Crippen molar-refractivity contribution >= 4 is 45.3 Å². The first kappa shape index (κ1) is 17.3. The molecule has 0 aliphatic carbocycles. The third-order valence-corrected chi connectivity index (χ3v) is 6.59. The molecule has 1 aromatic rings. The molecule has 0 aromatic heterocycles. The van der Waals surface area contributed by atoms with Crippen LogP contribution in [0.2, 0.25) is 0 Å². The van der Waals surface area contributed by atoms with Crippen molar-refractivity contribution in [1.29, 1.82) is 0 Å². The number of hydrogen-bond donors (Lipinski definition) is 0. The molecule has 0 N–H and O–H groups in total. The highest BCUT2D eigenvalue weighted by atomic mass is 32.2. The number of unbranched alkanes of at least 4 members (excludes halogenated alkanes) is 1. The Labute approximate surface area is 150 Å². The van der Waals surface area contributed by atoms with Crippen molar-refractivity contribution in [2.75, 3.05) is 17.2 Å². The molecule has 0 saturated heterocycles. The highest BCUT2D eigenvalue weighted by Crippen LogP contribution is 2.41. The highest BCUT2D eigenvalue weighted by molar-refractivity contribution is 8.40. The maximum Gasteiger partial charge on any atom is 0.299 e. The molecule has 0 radical (unpaired) electrons. The van der Waals surface area contributed by atoms with Gasteiger partial charge in [-0.2, -0.15) is 0 Å². The minimum atomic E-state index is -0.405. The fourth-order valence-electron chi connectivity index (χ4n) is 2.61. The molecule has 1 amide bonds. The number of amides is 1. The smallest absolute Gasteiger partial charge is 0.299 e. The predicted molar refractivity (Wildman–Crippen MR) is 103 cm³/mol. The third kappa shape index (κ3) is 3.30. The Bertz CT molecular complexity index is 740. The van der Waals surface area contributed by atoms with Gasteiger partial charge in [0.05, 0.1) is 16.8 Å². The van der Waals surface area contributed by atoms with Crippen LogP contribution in [0.4, 0.5) is 5.69 Å². The van der Waals surface area contributed by atoms with E-state index in [0.29, 0.717) is 12.1 Å². The van der Waals surface area contributed by atoms with Gasteiger partial charge >= 0.3 is 0 Å². The Morgan fingerprint density at radius 1 is 1.25 bits per heavy atom. The van der Waals surface area contributed by atoms with E-state index < -0.39 is 11.7 Å². The van der Waals surface area contributed by atoms with E-state index >= 15 is 0 Å². The summed E-state index contributed by atoms with van der Waals surface area (Å²) in [5, 5.41) is 0. The predicted octanol–water partition coefficient (Wildman–Crippen LogP) is 4.12. The number of carbonyl (C=O) groups excluding carboxylic acids is 2. The molecule has 24 heavy (non-hydrogen) atoms. The molecule has 6 heteroatoms. The summed E-state index contributed by atoms with van der Waals surface area (Å²) < 4.78 is 1.07. The number of Topliss-reactive ketones (excluding diaryl/α,β-unsaturated/α-hetero) is 1. The zero-order valence-electron chi connectivity index (χ0n) is 13.9. The van der Waals surface area contributed by atoms with Gasteiger partial charge in [0.15, 0.2) is 0 Å². The lowest BCUT2D eigenvalue weighted by Gasteiger charge is -2.16. The molecule has 2 aliphatic heterocycles. The van der Waals surface area contributed by atoms with Crippen LogP contribution < -0.4 is 4.90 Å². The van der Waals surface area contributed by atoms with Crippen LogP contribution in [-0.2, 0) is 4.79 Å². The fraction of sp³-hybridized carbons (Fsp3) is 0.389. The SMILES string of the molecule is C=C1SC(SCCCCN2C(=O)C(=O)c3ccccc32)=NC1(C)C. The number of fused-ring (bicyclic) bond motifs is 1. The van der Waals surface area contributed by atoms with Crippen molar-refractivity contribution in [3.63, 3.8) is 0 Å². The molecule has 0 atom stereocenters. The second-order valence-corrected chi connectivity index (χ2v) is 8.75. The first-order valence-electron chi connectivity index (χ1n) is 7.95. The summed E-state index contributed by atoms with van der Waals surface area (Å²) >= 11 is 3.40. The van der Waals surface area contributed by atoms with Gasteiger partial charge in [-0.15, -0.1) is 0 Å². The minimum absolute atomic E-state index is 0.168. The summed E-state index contributed by atoms with van der Waals surface area (Å²) in [6.45, 7) is 8.78. The van der Waals surface area contributed by atoms with Crippen LogP contribution in [0, 0.1) is 0 Å². The van der Waals surface area contributed by atoms with Gasteiger partial charge in [0, 0.05) is 17.2 Å². The van der Waals surface area contributed by atoms with E-state index in [-0.39, 0.29) is 5.54 Å². The molecule has 0 bridgehead atoms. The monoisotopic (exact) mass is 360 g/mol. The van der Waals surface area contributed by atoms with Crippen LogP contribution in [0.25, 0.3) is 0 Å². The van der Waals surface area contributed by atoms with Gasteiger partial charge in [-0.3, -0.25) is 14.6 Å². The average Bonchev–Trinajstić information content (AvgIpc) is 2.94. The van der Waals surface area contributed by atoms with Crippen LogP contribution in [0.15, 0.2) is 40.7 Å². The van der Waals surface area contributed by atoms with Crippen LogP contribution in [-0.4, -0.2) is 33.9 Å². The second-order valence-electron chi connectivity index (χ2n) is 6.32. The van der Waals surface area contributed by atoms with Crippen molar-refractivity contribution in [3.05, 3.63) is 41.3 Å². The molecule has 2 heterocycles. The molecular weight excluding hydrogens is 340 g/mol. The van der Waals surface area contributed by atoms with Crippen LogP contribution in [0.3, 0.4) is 0 Å². The summed E-state index contributed by atoms with van der Waals surface area (Å²) in [7, 11) is 0. The van der Waals surface area contributed by atoms with Gasteiger partial charge in [-0.05, 0) is 38.8 Å². The Kier molecular flexibility index (Phi) is 4.88. The molecule has 4 nitrogen and oxygen atoms in total. The van der Waals surface area contributed by atoms with E-state index in [4.69, 9.17) is 0 Å². The van der Waals surface area contributed by atoms with Crippen molar-refractivity contribution in [2.24, 2.45) is 4.99 Å². The van der Waals surface area contributed by atoms with E-state index in [9.17, 15) is 9.59 Å². The van der Waals surface area contributed by atoms with Gasteiger partial charge in [-0.25, -0.2) is 0 Å². The fourth-order valence-corrected chi connectivity index (χ4v) is 4.99. The molecule has 0 spiro atoms. The number of ketones is 1. The summed E-state index contributed by atoms with van der Waals surface area (Å²) in [5.41, 5.74) is 1.10. The van der Waals surface area contributed by atoms with Crippen molar-refractivity contribution < 1.29 is 9.59 Å². The van der Waals surface area contributed by atoms with Gasteiger partial charge in [-0.1, -0.05) is 42.2 Å². The molecule has 0 unspecified atom stereocenters. The van der Waals surface area contributed by atoms with E-state index in [0.717, 1.165) is 33.6 Å². The van der Waals surface area contributed by atoms with Crippen LogP contribution in [0.1, 0.15) is 37.0 Å². The summed E-state index contributed by atoms with van der Waals surface area (Å²) in [6, 6.07) is 7.21. The second kappa shape index (κ2) is 6.76. The molecule has 0 saturated carbocycles. The third-order valence-electron chi connectivity index (χ3n) is 4.14. The molecule has 0 fully saturated rings. The Morgan fingerprint density at radius 3 is 2.71 bits per heavy atom. The van der Waals surface area contributed by atoms with Crippen LogP contribution in [0.5, 0.6) is 0 Å².